The van der Waals surface area contributed by atoms with Gasteiger partial charge in [0.1, 0.15) is 5.76 Å². The highest BCUT2D eigenvalue weighted by atomic mass is 127. The monoisotopic (exact) mass is 493 g/mol. The van der Waals surface area contributed by atoms with Crippen LogP contribution in [0.25, 0.3) is 0 Å². The molecule has 7 nitrogen and oxygen atoms in total. The second-order valence-corrected chi connectivity index (χ2v) is 7.23. The van der Waals surface area contributed by atoms with E-state index in [0.29, 0.717) is 12.1 Å². The number of aromatic nitrogens is 1. The molecular formula is C19H36IN5O2. The topological polar surface area (TPSA) is 74.9 Å². The lowest BCUT2D eigenvalue weighted by atomic mass is 10.1. The summed E-state index contributed by atoms with van der Waals surface area (Å²) in [4.78, 5) is 6.84. The molecule has 1 fully saturated rings. The zero-order valence-corrected chi connectivity index (χ0v) is 19.7. The van der Waals surface area contributed by atoms with Crippen molar-refractivity contribution in [2.45, 2.75) is 59.1 Å². The molecule has 2 N–H and O–H groups in total. The van der Waals surface area contributed by atoms with Crippen molar-refractivity contribution >= 4 is 29.9 Å². The Morgan fingerprint density at radius 3 is 2.59 bits per heavy atom. The van der Waals surface area contributed by atoms with Crippen LogP contribution in [0.1, 0.15) is 43.7 Å². The van der Waals surface area contributed by atoms with Gasteiger partial charge in [0.05, 0.1) is 18.4 Å². The molecule has 0 atom stereocenters. The molecule has 0 radical (unpaired) electrons. The van der Waals surface area contributed by atoms with Gasteiger partial charge in [0.15, 0.2) is 5.96 Å². The average molecular weight is 493 g/mol. The average Bonchev–Trinajstić information content (AvgIpc) is 2.93. The predicted molar refractivity (Wildman–Crippen MR) is 120 cm³/mol. The van der Waals surface area contributed by atoms with Crippen LogP contribution in [0.5, 0.6) is 0 Å². The fraction of sp³-hybridized carbons (Fsp3) is 0.789. The van der Waals surface area contributed by atoms with Crippen molar-refractivity contribution in [3.05, 3.63) is 17.0 Å². The van der Waals surface area contributed by atoms with Gasteiger partial charge in [-0.1, -0.05) is 5.16 Å². The number of hydrogen-bond donors (Lipinski definition) is 2. The lowest BCUT2D eigenvalue weighted by Gasteiger charge is -2.33. The minimum absolute atomic E-state index is 0. The fourth-order valence-electron chi connectivity index (χ4n) is 3.27. The number of nitrogens with zero attached hydrogens (tertiary/aromatic N) is 3. The van der Waals surface area contributed by atoms with Gasteiger partial charge in [-0.05, 0) is 47.0 Å². The largest absolute Gasteiger partial charge is 0.377 e. The lowest BCUT2D eigenvalue weighted by Crippen LogP contribution is -2.49. The molecule has 8 heteroatoms. The highest BCUT2D eigenvalue weighted by Crippen LogP contribution is 2.12. The van der Waals surface area contributed by atoms with E-state index in [2.05, 4.69) is 39.5 Å². The maximum Gasteiger partial charge on any atom is 0.191 e. The number of ether oxygens (including phenoxy) is 1. The Labute approximate surface area is 180 Å². The molecule has 0 amide bonds. The molecular weight excluding hydrogens is 457 g/mol. The quantitative estimate of drug-likeness (QED) is 0.330. The molecule has 0 bridgehead atoms. The summed E-state index contributed by atoms with van der Waals surface area (Å²) < 4.78 is 10.9. The van der Waals surface area contributed by atoms with E-state index < -0.39 is 0 Å². The molecule has 27 heavy (non-hydrogen) atoms. The molecule has 0 spiro atoms. The van der Waals surface area contributed by atoms with E-state index in [1.54, 1.807) is 0 Å². The Morgan fingerprint density at radius 2 is 2.04 bits per heavy atom. The highest BCUT2D eigenvalue weighted by molar-refractivity contribution is 14.0. The second-order valence-electron chi connectivity index (χ2n) is 7.23. The number of nitrogens with one attached hydrogen (secondary N) is 2. The first-order valence-corrected chi connectivity index (χ1v) is 9.72. The predicted octanol–water partition coefficient (Wildman–Crippen LogP) is 2.51. The molecule has 1 aromatic heterocycles. The normalized spacial score (nSPS) is 16.4. The van der Waals surface area contributed by atoms with Gasteiger partial charge in [0.2, 0.25) is 0 Å². The lowest BCUT2D eigenvalue weighted by molar-refractivity contribution is 0.0532. The van der Waals surface area contributed by atoms with Crippen molar-refractivity contribution in [2.75, 3.05) is 39.8 Å². The van der Waals surface area contributed by atoms with Gasteiger partial charge in [-0.25, -0.2) is 0 Å². The first kappa shape index (κ1) is 24.2. The third-order valence-corrected chi connectivity index (χ3v) is 4.86. The third kappa shape index (κ3) is 8.35. The van der Waals surface area contributed by atoms with E-state index in [4.69, 9.17) is 9.26 Å². The van der Waals surface area contributed by atoms with Crippen LogP contribution in [-0.2, 0) is 11.2 Å². The molecule has 1 aliphatic rings. The minimum atomic E-state index is 0. The number of hydrogen-bond acceptors (Lipinski definition) is 5. The molecule has 0 aromatic carbocycles. The molecule has 2 heterocycles. The Hall–Kier alpha value is -0.870. The van der Waals surface area contributed by atoms with Crippen molar-refractivity contribution in [2.24, 2.45) is 4.99 Å². The van der Waals surface area contributed by atoms with Crippen molar-refractivity contribution in [3.8, 4) is 0 Å². The minimum Gasteiger partial charge on any atom is -0.377 e. The van der Waals surface area contributed by atoms with Crippen molar-refractivity contribution in [3.63, 3.8) is 0 Å². The Balaban J connectivity index is 0.00000364. The van der Waals surface area contributed by atoms with Gasteiger partial charge in [-0.2, -0.15) is 0 Å². The maximum atomic E-state index is 5.65. The molecule has 156 valence electrons. The van der Waals surface area contributed by atoms with Crippen molar-refractivity contribution in [1.82, 2.24) is 20.7 Å². The first-order valence-electron chi connectivity index (χ1n) is 9.72. The van der Waals surface area contributed by atoms with E-state index in [1.807, 2.05) is 20.9 Å². The van der Waals surface area contributed by atoms with Gasteiger partial charge < -0.3 is 24.8 Å². The summed E-state index contributed by atoms with van der Waals surface area (Å²) in [5, 5.41) is 11.0. The zero-order valence-electron chi connectivity index (χ0n) is 17.4. The van der Waals surface area contributed by atoms with E-state index in [0.717, 1.165) is 69.5 Å². The van der Waals surface area contributed by atoms with Crippen LogP contribution in [-0.4, -0.2) is 68.0 Å². The SMILES string of the molecule is CN=C(NCCc1c(C)noc1C)NC1CCN(CCOC(C)C)CC1.I. The van der Waals surface area contributed by atoms with Gasteiger partial charge in [0.25, 0.3) is 0 Å². The van der Waals surface area contributed by atoms with Crippen molar-refractivity contribution < 1.29 is 9.26 Å². The smallest absolute Gasteiger partial charge is 0.191 e. The van der Waals surface area contributed by atoms with Gasteiger partial charge in [-0.3, -0.25) is 4.99 Å². The molecule has 1 aromatic rings. The Bertz CT molecular complexity index is 549. The van der Waals surface area contributed by atoms with E-state index >= 15 is 0 Å². The maximum absolute atomic E-state index is 5.65. The van der Waals surface area contributed by atoms with Gasteiger partial charge >= 0.3 is 0 Å². The number of aryl methyl sites for hydroxylation is 2. The fourth-order valence-corrected chi connectivity index (χ4v) is 3.27. The van der Waals surface area contributed by atoms with E-state index in [9.17, 15) is 0 Å². The molecule has 2 rings (SSSR count). The number of likely N-dealkylation sites (tertiary alicyclic amines) is 1. The summed E-state index contributed by atoms with van der Waals surface area (Å²) in [6.45, 7) is 13.0. The van der Waals surface area contributed by atoms with E-state index in [1.165, 1.54) is 5.56 Å². The Kier molecular flexibility index (Phi) is 11.2. The number of guanidine groups is 1. The summed E-state index contributed by atoms with van der Waals surface area (Å²) in [5.41, 5.74) is 2.16. The summed E-state index contributed by atoms with van der Waals surface area (Å²) in [6, 6.07) is 0.475. The second kappa shape index (κ2) is 12.6. The summed E-state index contributed by atoms with van der Waals surface area (Å²) in [5.74, 6) is 1.78. The van der Waals surface area contributed by atoms with Gasteiger partial charge in [-0.15, -0.1) is 24.0 Å². The van der Waals surface area contributed by atoms with Crippen LogP contribution >= 0.6 is 24.0 Å². The van der Waals surface area contributed by atoms with E-state index in [-0.39, 0.29) is 24.0 Å². The summed E-state index contributed by atoms with van der Waals surface area (Å²) in [7, 11) is 1.82. The van der Waals surface area contributed by atoms with Crippen LogP contribution < -0.4 is 10.6 Å². The van der Waals surface area contributed by atoms with Gasteiger partial charge in [0, 0.05) is 44.8 Å². The molecule has 0 saturated carbocycles. The van der Waals surface area contributed by atoms with Crippen molar-refractivity contribution in [1.29, 1.82) is 0 Å². The molecule has 1 saturated heterocycles. The molecule has 0 unspecified atom stereocenters. The highest BCUT2D eigenvalue weighted by Gasteiger charge is 2.20. The van der Waals surface area contributed by atoms with Crippen LogP contribution in [0.4, 0.5) is 0 Å². The standard InChI is InChI=1S/C19H35N5O2.HI/c1-14(2)25-13-12-24-10-7-17(8-11-24)22-19(20-5)21-9-6-18-15(3)23-26-16(18)4;/h14,17H,6-13H2,1-5H3,(H2,20,21,22);1H. The number of rotatable bonds is 8. The van der Waals surface area contributed by atoms with Crippen LogP contribution in [0.3, 0.4) is 0 Å². The van der Waals surface area contributed by atoms with Crippen LogP contribution in [0, 0.1) is 13.8 Å². The van der Waals surface area contributed by atoms with Crippen LogP contribution in [0.2, 0.25) is 0 Å². The Morgan fingerprint density at radius 1 is 1.33 bits per heavy atom. The summed E-state index contributed by atoms with van der Waals surface area (Å²) >= 11 is 0. The molecule has 0 aliphatic carbocycles. The number of aliphatic imine (C=N–C) groups is 1. The summed E-state index contributed by atoms with van der Waals surface area (Å²) in [6.07, 6.45) is 3.46. The number of piperidine rings is 1. The first-order chi connectivity index (χ1) is 12.5. The third-order valence-electron chi connectivity index (χ3n) is 4.86. The zero-order chi connectivity index (χ0) is 18.9. The van der Waals surface area contributed by atoms with Crippen LogP contribution in [0.15, 0.2) is 9.52 Å². The molecule has 1 aliphatic heterocycles. The number of halogens is 1.